The van der Waals surface area contributed by atoms with E-state index in [-0.39, 0.29) is 0 Å². The van der Waals surface area contributed by atoms with E-state index in [0.29, 0.717) is 5.92 Å². The lowest BCUT2D eigenvalue weighted by atomic mass is 9.69. The van der Waals surface area contributed by atoms with Gasteiger partial charge in [0, 0.05) is 6.42 Å². The first kappa shape index (κ1) is 15.4. The van der Waals surface area contributed by atoms with Crippen molar-refractivity contribution >= 4 is 0 Å². The molecule has 2 rings (SSSR count). The highest BCUT2D eigenvalue weighted by Crippen LogP contribution is 2.38. The minimum absolute atomic E-state index is 0.694. The Morgan fingerprint density at radius 1 is 1.30 bits per heavy atom. The summed E-state index contributed by atoms with van der Waals surface area (Å²) >= 11 is 0. The Labute approximate surface area is 122 Å². The molecule has 1 aliphatic carbocycles. The van der Waals surface area contributed by atoms with Crippen molar-refractivity contribution in [2.75, 3.05) is 13.1 Å². The highest BCUT2D eigenvalue weighted by Gasteiger charge is 2.32. The minimum atomic E-state index is 0.694. The molecule has 3 unspecified atom stereocenters. The Hall–Kier alpha value is -0.970. The topological polar surface area (TPSA) is 55.6 Å². The van der Waals surface area contributed by atoms with E-state index in [4.69, 9.17) is 0 Å². The quantitative estimate of drug-likeness (QED) is 0.866. The zero-order chi connectivity index (χ0) is 14.5. The van der Waals surface area contributed by atoms with Crippen molar-refractivity contribution in [1.82, 2.24) is 25.5 Å². The molecule has 1 fully saturated rings. The molecular weight excluding hydrogens is 250 g/mol. The van der Waals surface area contributed by atoms with E-state index in [1.165, 1.54) is 19.3 Å². The molecule has 1 aromatic heterocycles. The highest BCUT2D eigenvalue weighted by atomic mass is 15.6. The van der Waals surface area contributed by atoms with Crippen LogP contribution in [0.1, 0.15) is 45.9 Å². The zero-order valence-electron chi connectivity index (χ0n) is 13.3. The highest BCUT2D eigenvalue weighted by molar-refractivity contribution is 4.89. The van der Waals surface area contributed by atoms with Gasteiger partial charge in [-0.2, -0.15) is 4.80 Å². The second-order valence-corrected chi connectivity index (χ2v) is 6.54. The van der Waals surface area contributed by atoms with Crippen molar-refractivity contribution < 1.29 is 0 Å². The molecule has 0 saturated heterocycles. The summed E-state index contributed by atoms with van der Waals surface area (Å²) in [7, 11) is 1.84. The fraction of sp³-hybridized carbons (Fsp3) is 0.933. The number of rotatable bonds is 6. The molecule has 1 saturated carbocycles. The van der Waals surface area contributed by atoms with Crippen LogP contribution in [-0.2, 0) is 13.5 Å². The van der Waals surface area contributed by atoms with E-state index in [0.717, 1.165) is 43.1 Å². The monoisotopic (exact) mass is 279 g/mol. The van der Waals surface area contributed by atoms with E-state index >= 15 is 0 Å². The molecule has 5 nitrogen and oxygen atoms in total. The number of hydrogen-bond donors (Lipinski definition) is 1. The SMILES string of the molecule is CCNCC1CCC(C(C)C)CC1Cc1nnn(C)n1. The van der Waals surface area contributed by atoms with Crippen LogP contribution in [0.4, 0.5) is 0 Å². The first-order valence-corrected chi connectivity index (χ1v) is 8.03. The lowest BCUT2D eigenvalue weighted by molar-refractivity contribution is 0.143. The fourth-order valence-corrected chi connectivity index (χ4v) is 3.46. The van der Waals surface area contributed by atoms with Crippen LogP contribution in [0.5, 0.6) is 0 Å². The molecule has 0 amide bonds. The van der Waals surface area contributed by atoms with Crippen molar-refractivity contribution in [3.8, 4) is 0 Å². The summed E-state index contributed by atoms with van der Waals surface area (Å²) < 4.78 is 0. The molecule has 0 spiro atoms. The third-order valence-electron chi connectivity index (χ3n) is 4.77. The Kier molecular flexibility index (Phi) is 5.52. The van der Waals surface area contributed by atoms with E-state index in [9.17, 15) is 0 Å². The molecule has 1 aromatic rings. The smallest absolute Gasteiger partial charge is 0.175 e. The molecule has 0 aromatic carbocycles. The predicted octanol–water partition coefficient (Wildman–Crippen LogP) is 2.05. The summed E-state index contributed by atoms with van der Waals surface area (Å²) in [5, 5.41) is 16.0. The number of aromatic nitrogens is 4. The number of hydrogen-bond acceptors (Lipinski definition) is 4. The second-order valence-electron chi connectivity index (χ2n) is 6.54. The Morgan fingerprint density at radius 2 is 2.10 bits per heavy atom. The predicted molar refractivity (Wildman–Crippen MR) is 80.2 cm³/mol. The number of aryl methyl sites for hydroxylation is 1. The van der Waals surface area contributed by atoms with Crippen LogP contribution in [-0.4, -0.2) is 33.3 Å². The molecule has 0 radical (unpaired) electrons. The maximum Gasteiger partial charge on any atom is 0.175 e. The van der Waals surface area contributed by atoms with Gasteiger partial charge in [0.25, 0.3) is 0 Å². The first-order valence-electron chi connectivity index (χ1n) is 8.03. The van der Waals surface area contributed by atoms with Crippen molar-refractivity contribution in [2.45, 2.75) is 46.5 Å². The standard InChI is InChI=1S/C15H29N5/c1-5-16-10-13-7-6-12(11(2)3)8-14(13)9-15-17-19-20(4)18-15/h11-14,16H,5-10H2,1-4H3. The van der Waals surface area contributed by atoms with Gasteiger partial charge in [0.05, 0.1) is 7.05 Å². The maximum atomic E-state index is 4.36. The molecule has 1 aliphatic rings. The molecule has 3 atom stereocenters. The van der Waals surface area contributed by atoms with Crippen molar-refractivity contribution in [3.05, 3.63) is 5.82 Å². The van der Waals surface area contributed by atoms with Gasteiger partial charge in [-0.3, -0.25) is 0 Å². The summed E-state index contributed by atoms with van der Waals surface area (Å²) in [6.07, 6.45) is 5.00. The largest absolute Gasteiger partial charge is 0.317 e. The Morgan fingerprint density at radius 3 is 2.70 bits per heavy atom. The third kappa shape index (κ3) is 4.01. The number of nitrogens with one attached hydrogen (secondary N) is 1. The van der Waals surface area contributed by atoms with Gasteiger partial charge < -0.3 is 5.32 Å². The maximum absolute atomic E-state index is 4.36. The van der Waals surface area contributed by atoms with E-state index in [1.807, 2.05) is 7.05 Å². The first-order chi connectivity index (χ1) is 9.60. The van der Waals surface area contributed by atoms with Crippen LogP contribution in [0.2, 0.25) is 0 Å². The Balaban J connectivity index is 2.00. The van der Waals surface area contributed by atoms with Gasteiger partial charge in [0.1, 0.15) is 0 Å². The van der Waals surface area contributed by atoms with Crippen molar-refractivity contribution in [3.63, 3.8) is 0 Å². The molecule has 5 heteroatoms. The van der Waals surface area contributed by atoms with Crippen LogP contribution in [0, 0.1) is 23.7 Å². The van der Waals surface area contributed by atoms with Gasteiger partial charge in [-0.15, -0.1) is 10.2 Å². The van der Waals surface area contributed by atoms with E-state index < -0.39 is 0 Å². The summed E-state index contributed by atoms with van der Waals surface area (Å²) in [5.41, 5.74) is 0. The summed E-state index contributed by atoms with van der Waals surface area (Å²) in [5.74, 6) is 4.00. The minimum Gasteiger partial charge on any atom is -0.317 e. The summed E-state index contributed by atoms with van der Waals surface area (Å²) in [6.45, 7) is 9.07. The fourth-order valence-electron chi connectivity index (χ4n) is 3.46. The van der Waals surface area contributed by atoms with Crippen molar-refractivity contribution in [1.29, 1.82) is 0 Å². The molecule has 0 aliphatic heterocycles. The average Bonchev–Trinajstić information content (AvgIpc) is 2.82. The van der Waals surface area contributed by atoms with E-state index in [2.05, 4.69) is 41.5 Å². The zero-order valence-corrected chi connectivity index (χ0v) is 13.3. The van der Waals surface area contributed by atoms with Crippen LogP contribution in [0.25, 0.3) is 0 Å². The van der Waals surface area contributed by atoms with Gasteiger partial charge in [-0.1, -0.05) is 20.8 Å². The summed E-state index contributed by atoms with van der Waals surface area (Å²) in [4.78, 5) is 1.57. The van der Waals surface area contributed by atoms with Crippen LogP contribution < -0.4 is 5.32 Å². The molecule has 1 heterocycles. The van der Waals surface area contributed by atoms with Crippen LogP contribution >= 0.6 is 0 Å². The third-order valence-corrected chi connectivity index (χ3v) is 4.77. The van der Waals surface area contributed by atoms with Crippen LogP contribution in [0.3, 0.4) is 0 Å². The number of tetrazole rings is 1. The lowest BCUT2D eigenvalue weighted by Gasteiger charge is -2.37. The molecule has 0 bridgehead atoms. The average molecular weight is 279 g/mol. The molecule has 1 N–H and O–H groups in total. The number of nitrogens with zero attached hydrogens (tertiary/aromatic N) is 4. The molecule has 20 heavy (non-hydrogen) atoms. The van der Waals surface area contributed by atoms with Gasteiger partial charge in [-0.25, -0.2) is 0 Å². The van der Waals surface area contributed by atoms with Crippen molar-refractivity contribution in [2.24, 2.45) is 30.7 Å². The van der Waals surface area contributed by atoms with Gasteiger partial charge in [0.15, 0.2) is 5.82 Å². The summed E-state index contributed by atoms with van der Waals surface area (Å²) in [6, 6.07) is 0. The molecular formula is C15H29N5. The lowest BCUT2D eigenvalue weighted by Crippen LogP contribution is -2.35. The van der Waals surface area contributed by atoms with E-state index in [1.54, 1.807) is 4.80 Å². The Bertz CT molecular complexity index is 401. The van der Waals surface area contributed by atoms with Gasteiger partial charge in [0.2, 0.25) is 0 Å². The van der Waals surface area contributed by atoms with Gasteiger partial charge in [-0.05, 0) is 61.2 Å². The van der Waals surface area contributed by atoms with Crippen LogP contribution in [0.15, 0.2) is 0 Å². The molecule has 114 valence electrons. The second kappa shape index (κ2) is 7.16. The normalized spacial score (nSPS) is 27.1. The van der Waals surface area contributed by atoms with Gasteiger partial charge >= 0.3 is 0 Å².